The second kappa shape index (κ2) is 5.63. The lowest BCUT2D eigenvalue weighted by atomic mass is 9.97. The summed E-state index contributed by atoms with van der Waals surface area (Å²) in [6.45, 7) is 5.31. The molecule has 1 heterocycles. The van der Waals surface area contributed by atoms with E-state index in [1.165, 1.54) is 5.56 Å². The monoisotopic (exact) mass is 276 g/mol. The Morgan fingerprint density at radius 3 is 2.70 bits per heavy atom. The molecule has 1 aliphatic rings. The van der Waals surface area contributed by atoms with Crippen LogP contribution in [0, 0.1) is 0 Å². The molecule has 0 atom stereocenters. The van der Waals surface area contributed by atoms with Gasteiger partial charge in [0.2, 0.25) is 0 Å². The summed E-state index contributed by atoms with van der Waals surface area (Å²) in [6.07, 6.45) is 0.446. The fourth-order valence-corrected chi connectivity index (χ4v) is 2.30. The van der Waals surface area contributed by atoms with Crippen molar-refractivity contribution in [2.24, 2.45) is 0 Å². The van der Waals surface area contributed by atoms with E-state index in [4.69, 9.17) is 5.11 Å². The van der Waals surface area contributed by atoms with Crippen molar-refractivity contribution < 1.29 is 14.7 Å². The molecule has 108 valence electrons. The second-order valence-electron chi connectivity index (χ2n) is 5.82. The van der Waals surface area contributed by atoms with E-state index in [2.05, 4.69) is 10.6 Å². The van der Waals surface area contributed by atoms with Crippen molar-refractivity contribution in [3.05, 3.63) is 34.9 Å². The number of carbonyl (C=O) groups is 2. The van der Waals surface area contributed by atoms with Crippen LogP contribution in [0.4, 0.5) is 0 Å². The first-order chi connectivity index (χ1) is 9.37. The number of aliphatic carboxylic acids is 1. The maximum atomic E-state index is 12.2. The first kappa shape index (κ1) is 14.5. The number of carboxylic acids is 1. The Hall–Kier alpha value is -1.88. The summed E-state index contributed by atoms with van der Waals surface area (Å²) in [5, 5.41) is 14.8. The molecule has 0 saturated carbocycles. The minimum atomic E-state index is -0.851. The average molecular weight is 276 g/mol. The highest BCUT2D eigenvalue weighted by atomic mass is 16.4. The lowest BCUT2D eigenvalue weighted by Crippen LogP contribution is -2.43. The van der Waals surface area contributed by atoms with Gasteiger partial charge in [0, 0.05) is 30.6 Å². The summed E-state index contributed by atoms with van der Waals surface area (Å²) in [5.41, 5.74) is 2.47. The van der Waals surface area contributed by atoms with E-state index in [0.29, 0.717) is 12.0 Å². The maximum absolute atomic E-state index is 12.2. The zero-order valence-electron chi connectivity index (χ0n) is 11.8. The van der Waals surface area contributed by atoms with Crippen LogP contribution in [0.2, 0.25) is 0 Å². The molecule has 1 aromatic rings. The molecule has 5 nitrogen and oxygen atoms in total. The molecule has 1 aromatic carbocycles. The number of rotatable bonds is 5. The lowest BCUT2D eigenvalue weighted by molar-refractivity contribution is -0.137. The van der Waals surface area contributed by atoms with Gasteiger partial charge >= 0.3 is 5.97 Å². The highest BCUT2D eigenvalue weighted by Gasteiger charge is 2.23. The fourth-order valence-electron chi connectivity index (χ4n) is 2.30. The minimum absolute atomic E-state index is 0.0430. The topological polar surface area (TPSA) is 78.4 Å². The van der Waals surface area contributed by atoms with Gasteiger partial charge in [-0.05, 0) is 43.5 Å². The molecule has 0 aliphatic carbocycles. The van der Waals surface area contributed by atoms with E-state index >= 15 is 0 Å². The van der Waals surface area contributed by atoms with Crippen molar-refractivity contribution in [2.75, 3.05) is 0 Å². The van der Waals surface area contributed by atoms with Crippen molar-refractivity contribution in [2.45, 2.75) is 45.3 Å². The largest absolute Gasteiger partial charge is 0.481 e. The first-order valence-corrected chi connectivity index (χ1v) is 6.74. The van der Waals surface area contributed by atoms with Gasteiger partial charge in [0.05, 0.1) is 0 Å². The number of carbonyl (C=O) groups excluding carboxylic acids is 1. The van der Waals surface area contributed by atoms with Gasteiger partial charge in [0.1, 0.15) is 0 Å². The van der Waals surface area contributed by atoms with Crippen LogP contribution >= 0.6 is 0 Å². The molecule has 20 heavy (non-hydrogen) atoms. The molecule has 3 N–H and O–H groups in total. The van der Waals surface area contributed by atoms with Crippen LogP contribution in [0.15, 0.2) is 18.2 Å². The summed E-state index contributed by atoms with van der Waals surface area (Å²) in [5.74, 6) is -1.01. The summed E-state index contributed by atoms with van der Waals surface area (Å²) in [7, 11) is 0. The normalized spacial score (nSPS) is 13.9. The van der Waals surface area contributed by atoms with E-state index in [0.717, 1.165) is 18.7 Å². The Bertz CT molecular complexity index is 538. The van der Waals surface area contributed by atoms with Crippen LogP contribution < -0.4 is 10.6 Å². The van der Waals surface area contributed by atoms with E-state index in [-0.39, 0.29) is 12.3 Å². The summed E-state index contributed by atoms with van der Waals surface area (Å²) < 4.78 is 0. The van der Waals surface area contributed by atoms with Gasteiger partial charge in [0.15, 0.2) is 0 Å². The third-order valence-corrected chi connectivity index (χ3v) is 3.52. The van der Waals surface area contributed by atoms with Gasteiger partial charge in [0.25, 0.3) is 5.91 Å². The SMILES string of the molecule is CC(C)(CCC(=O)O)NC(=O)c1ccc2c(c1)CNC2. The Morgan fingerprint density at radius 2 is 2.00 bits per heavy atom. The zero-order valence-corrected chi connectivity index (χ0v) is 11.8. The molecule has 0 unspecified atom stereocenters. The standard InChI is InChI=1S/C15H20N2O3/c1-15(2,6-5-13(18)19)17-14(20)10-3-4-11-8-16-9-12(11)7-10/h3-4,7,16H,5-6,8-9H2,1-2H3,(H,17,20)(H,18,19). The number of nitrogens with one attached hydrogen (secondary N) is 2. The van der Waals surface area contributed by atoms with Gasteiger partial charge in [-0.2, -0.15) is 0 Å². The van der Waals surface area contributed by atoms with E-state index in [1.54, 1.807) is 0 Å². The van der Waals surface area contributed by atoms with Gasteiger partial charge in [-0.3, -0.25) is 9.59 Å². The number of carboxylic acid groups (broad SMARTS) is 1. The van der Waals surface area contributed by atoms with Crippen LogP contribution in [-0.2, 0) is 17.9 Å². The first-order valence-electron chi connectivity index (χ1n) is 6.74. The molecule has 0 fully saturated rings. The number of benzene rings is 1. The Kier molecular flexibility index (Phi) is 4.09. The van der Waals surface area contributed by atoms with Crippen LogP contribution in [0.3, 0.4) is 0 Å². The van der Waals surface area contributed by atoms with Crippen LogP contribution in [-0.4, -0.2) is 22.5 Å². The van der Waals surface area contributed by atoms with Crippen molar-refractivity contribution in [3.63, 3.8) is 0 Å². The Labute approximate surface area is 118 Å². The highest BCUT2D eigenvalue weighted by Crippen LogP contribution is 2.18. The number of fused-ring (bicyclic) bond motifs is 1. The second-order valence-corrected chi connectivity index (χ2v) is 5.82. The van der Waals surface area contributed by atoms with Crippen molar-refractivity contribution in [1.29, 1.82) is 0 Å². The lowest BCUT2D eigenvalue weighted by Gasteiger charge is -2.25. The molecule has 0 bridgehead atoms. The van der Waals surface area contributed by atoms with Crippen molar-refractivity contribution in [3.8, 4) is 0 Å². The number of hydrogen-bond acceptors (Lipinski definition) is 3. The molecule has 0 saturated heterocycles. The highest BCUT2D eigenvalue weighted by molar-refractivity contribution is 5.95. The van der Waals surface area contributed by atoms with Crippen molar-refractivity contribution in [1.82, 2.24) is 10.6 Å². The third kappa shape index (κ3) is 3.57. The van der Waals surface area contributed by atoms with E-state index in [9.17, 15) is 9.59 Å². The fraction of sp³-hybridized carbons (Fsp3) is 0.467. The molecular weight excluding hydrogens is 256 g/mol. The van der Waals surface area contributed by atoms with E-state index < -0.39 is 11.5 Å². The predicted octanol–water partition coefficient (Wildman–Crippen LogP) is 1.66. The summed E-state index contributed by atoms with van der Waals surface area (Å²) in [6, 6.07) is 5.68. The molecule has 2 rings (SSSR count). The number of amides is 1. The van der Waals surface area contributed by atoms with Gasteiger partial charge in [-0.15, -0.1) is 0 Å². The van der Waals surface area contributed by atoms with Gasteiger partial charge in [-0.1, -0.05) is 6.07 Å². The van der Waals surface area contributed by atoms with Gasteiger partial charge in [-0.25, -0.2) is 0 Å². The number of hydrogen-bond donors (Lipinski definition) is 3. The molecule has 0 aromatic heterocycles. The minimum Gasteiger partial charge on any atom is -0.481 e. The maximum Gasteiger partial charge on any atom is 0.303 e. The van der Waals surface area contributed by atoms with Crippen LogP contribution in [0.1, 0.15) is 48.2 Å². The zero-order chi connectivity index (χ0) is 14.8. The summed E-state index contributed by atoms with van der Waals surface area (Å²) >= 11 is 0. The molecule has 0 radical (unpaired) electrons. The third-order valence-electron chi connectivity index (χ3n) is 3.52. The van der Waals surface area contributed by atoms with E-state index in [1.807, 2.05) is 32.0 Å². The molecular formula is C15H20N2O3. The van der Waals surface area contributed by atoms with Crippen LogP contribution in [0.5, 0.6) is 0 Å². The Balaban J connectivity index is 2.02. The van der Waals surface area contributed by atoms with Crippen molar-refractivity contribution >= 4 is 11.9 Å². The summed E-state index contributed by atoms with van der Waals surface area (Å²) in [4.78, 5) is 22.8. The van der Waals surface area contributed by atoms with Crippen LogP contribution in [0.25, 0.3) is 0 Å². The Morgan fingerprint density at radius 1 is 1.30 bits per heavy atom. The molecule has 1 amide bonds. The predicted molar refractivity (Wildman–Crippen MR) is 75.4 cm³/mol. The molecule has 1 aliphatic heterocycles. The smallest absolute Gasteiger partial charge is 0.303 e. The molecule has 0 spiro atoms. The quantitative estimate of drug-likeness (QED) is 0.764. The average Bonchev–Trinajstić information content (AvgIpc) is 2.83. The van der Waals surface area contributed by atoms with Gasteiger partial charge < -0.3 is 15.7 Å². The molecule has 5 heteroatoms.